The lowest BCUT2D eigenvalue weighted by Gasteiger charge is -2.39. The molecule has 1 aromatic rings. The molecule has 2 atom stereocenters. The van der Waals surface area contributed by atoms with Gasteiger partial charge in [0.2, 0.25) is 0 Å². The molecule has 0 aromatic heterocycles. The van der Waals surface area contributed by atoms with E-state index in [0.717, 1.165) is 30.3 Å². The van der Waals surface area contributed by atoms with Crippen molar-refractivity contribution in [2.75, 3.05) is 11.4 Å². The van der Waals surface area contributed by atoms with Crippen molar-refractivity contribution in [3.05, 3.63) is 32.8 Å². The Morgan fingerprint density at radius 3 is 2.89 bits per heavy atom. The van der Waals surface area contributed by atoms with Crippen LogP contribution in [0.15, 0.2) is 22.7 Å². The number of nitrogens with two attached hydrogens (primary N) is 1. The van der Waals surface area contributed by atoms with Crippen LogP contribution in [0.3, 0.4) is 0 Å². The Morgan fingerprint density at radius 2 is 2.26 bits per heavy atom. The fourth-order valence-corrected chi connectivity index (χ4v) is 3.04. The predicted molar refractivity (Wildman–Crippen MR) is 79.4 cm³/mol. The zero-order chi connectivity index (χ0) is 14.0. The SMILES string of the molecule is CC(N)C1CCCCN1c1ccc(Br)cc1[N+](=O)[O-]. The van der Waals surface area contributed by atoms with E-state index in [1.165, 1.54) is 0 Å². The maximum absolute atomic E-state index is 11.2. The average molecular weight is 328 g/mol. The molecule has 19 heavy (non-hydrogen) atoms. The van der Waals surface area contributed by atoms with Crippen LogP contribution in [0.2, 0.25) is 0 Å². The molecule has 0 amide bonds. The van der Waals surface area contributed by atoms with Crippen molar-refractivity contribution in [2.45, 2.75) is 38.3 Å². The summed E-state index contributed by atoms with van der Waals surface area (Å²) >= 11 is 3.29. The Labute approximate surface area is 121 Å². The fraction of sp³-hybridized carbons (Fsp3) is 0.538. The van der Waals surface area contributed by atoms with E-state index in [-0.39, 0.29) is 22.7 Å². The molecule has 2 rings (SSSR count). The highest BCUT2D eigenvalue weighted by atomic mass is 79.9. The second kappa shape index (κ2) is 5.88. The van der Waals surface area contributed by atoms with Crippen LogP contribution in [0.5, 0.6) is 0 Å². The quantitative estimate of drug-likeness (QED) is 0.684. The fourth-order valence-electron chi connectivity index (χ4n) is 2.69. The van der Waals surface area contributed by atoms with Crippen molar-refractivity contribution in [2.24, 2.45) is 5.73 Å². The Balaban J connectivity index is 2.41. The molecule has 104 valence electrons. The van der Waals surface area contributed by atoms with E-state index in [1.54, 1.807) is 6.07 Å². The van der Waals surface area contributed by atoms with Crippen molar-refractivity contribution in [1.82, 2.24) is 0 Å². The van der Waals surface area contributed by atoms with E-state index >= 15 is 0 Å². The summed E-state index contributed by atoms with van der Waals surface area (Å²) in [6.45, 7) is 2.79. The third-order valence-corrected chi connectivity index (χ3v) is 4.09. The number of piperidine rings is 1. The van der Waals surface area contributed by atoms with Crippen molar-refractivity contribution >= 4 is 27.3 Å². The molecule has 1 heterocycles. The Morgan fingerprint density at radius 1 is 1.53 bits per heavy atom. The van der Waals surface area contributed by atoms with Crippen LogP contribution in [0.25, 0.3) is 0 Å². The molecule has 1 saturated heterocycles. The Kier molecular flexibility index (Phi) is 4.42. The van der Waals surface area contributed by atoms with Crippen LogP contribution < -0.4 is 10.6 Å². The van der Waals surface area contributed by atoms with Gasteiger partial charge in [0.1, 0.15) is 5.69 Å². The smallest absolute Gasteiger partial charge is 0.293 e. The molecule has 0 aliphatic carbocycles. The molecule has 0 saturated carbocycles. The van der Waals surface area contributed by atoms with Gasteiger partial charge >= 0.3 is 0 Å². The predicted octanol–water partition coefficient (Wildman–Crippen LogP) is 3.06. The van der Waals surface area contributed by atoms with Gasteiger partial charge in [0.05, 0.1) is 4.92 Å². The highest BCUT2D eigenvalue weighted by Gasteiger charge is 2.30. The van der Waals surface area contributed by atoms with Crippen LogP contribution in [0.1, 0.15) is 26.2 Å². The van der Waals surface area contributed by atoms with Crippen LogP contribution in [-0.4, -0.2) is 23.6 Å². The lowest BCUT2D eigenvalue weighted by Crippen LogP contribution is -2.49. The summed E-state index contributed by atoms with van der Waals surface area (Å²) in [5.74, 6) is 0. The number of anilines is 1. The van der Waals surface area contributed by atoms with Crippen LogP contribution in [0, 0.1) is 10.1 Å². The van der Waals surface area contributed by atoms with Crippen molar-refractivity contribution in [3.63, 3.8) is 0 Å². The first-order chi connectivity index (χ1) is 9.00. The molecule has 5 nitrogen and oxygen atoms in total. The van der Waals surface area contributed by atoms with Gasteiger partial charge in [0.25, 0.3) is 5.69 Å². The van der Waals surface area contributed by atoms with E-state index in [0.29, 0.717) is 5.69 Å². The highest BCUT2D eigenvalue weighted by molar-refractivity contribution is 9.10. The summed E-state index contributed by atoms with van der Waals surface area (Å²) < 4.78 is 0.720. The van der Waals surface area contributed by atoms with Crippen LogP contribution in [-0.2, 0) is 0 Å². The Bertz CT molecular complexity index is 479. The summed E-state index contributed by atoms with van der Waals surface area (Å²) in [7, 11) is 0. The molecule has 0 bridgehead atoms. The number of hydrogen-bond donors (Lipinski definition) is 1. The molecular weight excluding hydrogens is 310 g/mol. The summed E-state index contributed by atoms with van der Waals surface area (Å²) in [4.78, 5) is 13.0. The third-order valence-electron chi connectivity index (χ3n) is 3.60. The van der Waals surface area contributed by atoms with E-state index < -0.39 is 0 Å². The van der Waals surface area contributed by atoms with Crippen molar-refractivity contribution in [1.29, 1.82) is 0 Å². The minimum absolute atomic E-state index is 0.00329. The average Bonchev–Trinajstić information content (AvgIpc) is 2.38. The molecule has 1 aliphatic heterocycles. The lowest BCUT2D eigenvalue weighted by atomic mass is 9.96. The number of rotatable bonds is 3. The molecule has 1 aliphatic rings. The number of benzene rings is 1. The van der Waals surface area contributed by atoms with Gasteiger partial charge in [-0.05, 0) is 38.3 Å². The van der Waals surface area contributed by atoms with Gasteiger partial charge in [-0.2, -0.15) is 0 Å². The van der Waals surface area contributed by atoms with Gasteiger partial charge in [-0.3, -0.25) is 10.1 Å². The second-order valence-electron chi connectivity index (χ2n) is 5.01. The van der Waals surface area contributed by atoms with Gasteiger partial charge in [0, 0.05) is 29.2 Å². The molecule has 0 spiro atoms. The van der Waals surface area contributed by atoms with E-state index in [2.05, 4.69) is 20.8 Å². The summed E-state index contributed by atoms with van der Waals surface area (Å²) in [6.07, 6.45) is 3.17. The topological polar surface area (TPSA) is 72.4 Å². The number of hydrogen-bond acceptors (Lipinski definition) is 4. The zero-order valence-electron chi connectivity index (χ0n) is 10.9. The highest BCUT2D eigenvalue weighted by Crippen LogP contribution is 2.35. The van der Waals surface area contributed by atoms with Gasteiger partial charge < -0.3 is 10.6 Å². The minimum atomic E-state index is -0.326. The molecule has 2 N–H and O–H groups in total. The molecule has 6 heteroatoms. The van der Waals surface area contributed by atoms with Gasteiger partial charge in [-0.1, -0.05) is 15.9 Å². The molecular formula is C13H18BrN3O2. The molecule has 0 radical (unpaired) electrons. The minimum Gasteiger partial charge on any atom is -0.361 e. The summed E-state index contributed by atoms with van der Waals surface area (Å²) in [6, 6.07) is 5.39. The number of halogens is 1. The molecule has 1 fully saturated rings. The zero-order valence-corrected chi connectivity index (χ0v) is 12.5. The first kappa shape index (κ1) is 14.3. The summed E-state index contributed by atoms with van der Waals surface area (Å²) in [5.41, 5.74) is 6.85. The first-order valence-corrected chi connectivity index (χ1v) is 7.26. The van der Waals surface area contributed by atoms with Crippen molar-refractivity contribution in [3.8, 4) is 0 Å². The van der Waals surface area contributed by atoms with Gasteiger partial charge in [0.15, 0.2) is 0 Å². The molecule has 1 aromatic carbocycles. The second-order valence-corrected chi connectivity index (χ2v) is 5.92. The number of nitro benzene ring substituents is 1. The normalized spacial score (nSPS) is 21.2. The van der Waals surface area contributed by atoms with Crippen LogP contribution in [0.4, 0.5) is 11.4 Å². The Hall–Kier alpha value is -1.14. The largest absolute Gasteiger partial charge is 0.361 e. The first-order valence-electron chi connectivity index (χ1n) is 6.47. The van der Waals surface area contributed by atoms with E-state index in [1.807, 2.05) is 19.1 Å². The van der Waals surface area contributed by atoms with Crippen LogP contribution >= 0.6 is 15.9 Å². The maximum atomic E-state index is 11.2. The van der Waals surface area contributed by atoms with Crippen molar-refractivity contribution < 1.29 is 4.92 Å². The molecule has 2 unspecified atom stereocenters. The van der Waals surface area contributed by atoms with E-state index in [4.69, 9.17) is 5.73 Å². The number of nitrogens with zero attached hydrogens (tertiary/aromatic N) is 2. The van der Waals surface area contributed by atoms with E-state index in [9.17, 15) is 10.1 Å². The maximum Gasteiger partial charge on any atom is 0.293 e. The van der Waals surface area contributed by atoms with Gasteiger partial charge in [-0.25, -0.2) is 0 Å². The third kappa shape index (κ3) is 3.06. The monoisotopic (exact) mass is 327 g/mol. The lowest BCUT2D eigenvalue weighted by molar-refractivity contribution is -0.384. The van der Waals surface area contributed by atoms with Gasteiger partial charge in [-0.15, -0.1) is 0 Å². The number of nitro groups is 1. The summed E-state index contributed by atoms with van der Waals surface area (Å²) in [5, 5.41) is 11.2. The standard InChI is InChI=1S/C13H18BrN3O2/c1-9(15)11-4-2-3-7-16(11)12-6-5-10(14)8-13(12)17(18)19/h5-6,8-9,11H,2-4,7,15H2,1H3.